The number of ether oxygens (including phenoxy) is 1. The van der Waals surface area contributed by atoms with Gasteiger partial charge in [-0.15, -0.1) is 0 Å². The molecule has 0 saturated carbocycles. The molecule has 0 unspecified atom stereocenters. The topological polar surface area (TPSA) is 87.2 Å². The lowest BCUT2D eigenvalue weighted by molar-refractivity contribution is -0.128. The standard InChI is InChI=1S/C16H21N3O5S/c1-12(20)18-6-3-7-19(9-8-18)25(22,23)13-4-5-15-14(10-13)17(2)16(21)11-24-15/h4-5,10H,3,6-9,11H2,1-2H3. The third-order valence-electron chi connectivity index (χ3n) is 4.55. The third kappa shape index (κ3) is 3.34. The Morgan fingerprint density at radius 1 is 1.16 bits per heavy atom. The van der Waals surface area contributed by atoms with Crippen molar-refractivity contribution in [2.45, 2.75) is 18.2 Å². The zero-order valence-corrected chi connectivity index (χ0v) is 15.1. The Kier molecular flexibility index (Phi) is 4.70. The molecule has 0 spiro atoms. The minimum absolute atomic E-state index is 0.0506. The van der Waals surface area contributed by atoms with Crippen molar-refractivity contribution in [2.75, 3.05) is 44.7 Å². The Morgan fingerprint density at radius 2 is 1.92 bits per heavy atom. The number of hydrogen-bond donors (Lipinski definition) is 0. The lowest BCUT2D eigenvalue weighted by Crippen LogP contribution is -2.37. The summed E-state index contributed by atoms with van der Waals surface area (Å²) in [6, 6.07) is 4.53. The summed E-state index contributed by atoms with van der Waals surface area (Å²) in [4.78, 5) is 26.5. The number of carbonyl (C=O) groups excluding carboxylic acids is 2. The molecule has 0 bridgehead atoms. The second-order valence-corrected chi connectivity index (χ2v) is 8.07. The maximum absolute atomic E-state index is 13.0. The largest absolute Gasteiger partial charge is 0.482 e. The van der Waals surface area contributed by atoms with Gasteiger partial charge in [-0.2, -0.15) is 4.31 Å². The normalized spacial score (nSPS) is 19.2. The van der Waals surface area contributed by atoms with Crippen LogP contribution < -0.4 is 9.64 Å². The fraction of sp³-hybridized carbons (Fsp3) is 0.500. The summed E-state index contributed by atoms with van der Waals surface area (Å²) in [6.07, 6.45) is 0.589. The van der Waals surface area contributed by atoms with E-state index in [0.717, 1.165) is 0 Å². The fourth-order valence-electron chi connectivity index (χ4n) is 3.01. The van der Waals surface area contributed by atoms with Crippen LogP contribution in [0, 0.1) is 0 Å². The Bertz CT molecular complexity index is 808. The van der Waals surface area contributed by atoms with E-state index in [1.54, 1.807) is 18.0 Å². The average molecular weight is 367 g/mol. The van der Waals surface area contributed by atoms with Crippen LogP contribution in [-0.4, -0.2) is 69.3 Å². The minimum atomic E-state index is -3.71. The first-order chi connectivity index (χ1) is 11.8. The number of nitrogens with zero attached hydrogens (tertiary/aromatic N) is 3. The Morgan fingerprint density at radius 3 is 2.64 bits per heavy atom. The molecule has 2 heterocycles. The molecule has 1 saturated heterocycles. The van der Waals surface area contributed by atoms with E-state index >= 15 is 0 Å². The highest BCUT2D eigenvalue weighted by molar-refractivity contribution is 7.89. The third-order valence-corrected chi connectivity index (χ3v) is 6.45. The number of sulfonamides is 1. The van der Waals surface area contributed by atoms with Crippen LogP contribution in [0.2, 0.25) is 0 Å². The summed E-state index contributed by atoms with van der Waals surface area (Å²) < 4.78 is 32.7. The number of anilines is 1. The Hall–Kier alpha value is -2.13. The zero-order valence-electron chi connectivity index (χ0n) is 14.3. The SMILES string of the molecule is CC(=O)N1CCCN(S(=O)(=O)c2ccc3c(c2)N(C)C(=O)CO3)CC1. The van der Waals surface area contributed by atoms with Gasteiger partial charge in [0.2, 0.25) is 15.9 Å². The number of carbonyl (C=O) groups is 2. The number of amides is 2. The maximum Gasteiger partial charge on any atom is 0.264 e. The molecule has 1 aromatic rings. The summed E-state index contributed by atoms with van der Waals surface area (Å²) in [5, 5.41) is 0. The van der Waals surface area contributed by atoms with E-state index in [1.165, 1.54) is 28.3 Å². The molecule has 136 valence electrons. The first-order valence-corrected chi connectivity index (χ1v) is 9.54. The van der Waals surface area contributed by atoms with Gasteiger partial charge in [0.15, 0.2) is 6.61 Å². The van der Waals surface area contributed by atoms with Crippen molar-refractivity contribution in [3.63, 3.8) is 0 Å². The van der Waals surface area contributed by atoms with Crippen LogP contribution in [0.5, 0.6) is 5.75 Å². The van der Waals surface area contributed by atoms with E-state index in [4.69, 9.17) is 4.74 Å². The fourth-order valence-corrected chi connectivity index (χ4v) is 4.50. The van der Waals surface area contributed by atoms with Gasteiger partial charge < -0.3 is 14.5 Å². The molecule has 2 amide bonds. The molecule has 3 rings (SSSR count). The molecular formula is C16H21N3O5S. The van der Waals surface area contributed by atoms with E-state index in [1.807, 2.05) is 0 Å². The summed E-state index contributed by atoms with van der Waals surface area (Å²) in [6.45, 7) is 2.97. The molecule has 0 atom stereocenters. The van der Waals surface area contributed by atoms with Crippen molar-refractivity contribution in [2.24, 2.45) is 0 Å². The monoisotopic (exact) mass is 367 g/mol. The lowest BCUT2D eigenvalue weighted by Gasteiger charge is -2.27. The van der Waals surface area contributed by atoms with Gasteiger partial charge in [0.25, 0.3) is 5.91 Å². The molecule has 0 N–H and O–H groups in total. The van der Waals surface area contributed by atoms with Gasteiger partial charge in [-0.1, -0.05) is 0 Å². The van der Waals surface area contributed by atoms with Crippen molar-refractivity contribution >= 4 is 27.5 Å². The second-order valence-electron chi connectivity index (χ2n) is 6.13. The van der Waals surface area contributed by atoms with Gasteiger partial charge in [0.1, 0.15) is 5.75 Å². The van der Waals surface area contributed by atoms with E-state index in [-0.39, 0.29) is 29.9 Å². The van der Waals surface area contributed by atoms with Crippen molar-refractivity contribution in [3.8, 4) is 5.75 Å². The molecule has 2 aliphatic heterocycles. The quantitative estimate of drug-likeness (QED) is 0.750. The van der Waals surface area contributed by atoms with Crippen molar-refractivity contribution in [1.29, 1.82) is 0 Å². The van der Waals surface area contributed by atoms with Gasteiger partial charge in [0, 0.05) is 40.2 Å². The molecule has 25 heavy (non-hydrogen) atoms. The molecule has 2 aliphatic rings. The van der Waals surface area contributed by atoms with Gasteiger partial charge in [-0.05, 0) is 24.6 Å². The van der Waals surface area contributed by atoms with E-state index < -0.39 is 10.0 Å². The Balaban J connectivity index is 1.88. The summed E-state index contributed by atoms with van der Waals surface area (Å²) in [5.74, 6) is 0.207. The molecule has 0 radical (unpaired) electrons. The molecular weight excluding hydrogens is 346 g/mol. The van der Waals surface area contributed by atoms with Crippen LogP contribution in [0.3, 0.4) is 0 Å². The van der Waals surface area contributed by atoms with Crippen LogP contribution >= 0.6 is 0 Å². The van der Waals surface area contributed by atoms with Gasteiger partial charge in [-0.25, -0.2) is 8.42 Å². The van der Waals surface area contributed by atoms with Crippen LogP contribution in [0.1, 0.15) is 13.3 Å². The maximum atomic E-state index is 13.0. The highest BCUT2D eigenvalue weighted by Gasteiger charge is 2.30. The molecule has 8 nitrogen and oxygen atoms in total. The number of rotatable bonds is 2. The number of hydrogen-bond acceptors (Lipinski definition) is 5. The number of fused-ring (bicyclic) bond motifs is 1. The highest BCUT2D eigenvalue weighted by atomic mass is 32.2. The molecule has 0 aliphatic carbocycles. The van der Waals surface area contributed by atoms with Gasteiger partial charge in [0.05, 0.1) is 10.6 Å². The minimum Gasteiger partial charge on any atom is -0.482 e. The van der Waals surface area contributed by atoms with E-state index in [9.17, 15) is 18.0 Å². The predicted molar refractivity (Wildman–Crippen MR) is 91.0 cm³/mol. The second kappa shape index (κ2) is 6.64. The smallest absolute Gasteiger partial charge is 0.264 e. The molecule has 1 fully saturated rings. The van der Waals surface area contributed by atoms with Crippen molar-refractivity contribution in [1.82, 2.24) is 9.21 Å². The Labute approximate surface area is 147 Å². The van der Waals surface area contributed by atoms with Crippen molar-refractivity contribution < 1.29 is 22.7 Å². The first-order valence-electron chi connectivity index (χ1n) is 8.10. The average Bonchev–Trinajstić information content (AvgIpc) is 2.85. The lowest BCUT2D eigenvalue weighted by atomic mass is 10.2. The summed E-state index contributed by atoms with van der Waals surface area (Å²) >= 11 is 0. The zero-order chi connectivity index (χ0) is 18.2. The molecule has 0 aromatic heterocycles. The first kappa shape index (κ1) is 17.7. The van der Waals surface area contributed by atoms with Crippen LogP contribution in [0.25, 0.3) is 0 Å². The van der Waals surface area contributed by atoms with E-state index in [0.29, 0.717) is 37.5 Å². The van der Waals surface area contributed by atoms with Crippen LogP contribution in [-0.2, 0) is 19.6 Å². The number of benzene rings is 1. The molecule has 1 aromatic carbocycles. The summed E-state index contributed by atoms with van der Waals surface area (Å²) in [7, 11) is -2.11. The summed E-state index contributed by atoms with van der Waals surface area (Å²) in [5.41, 5.74) is 0.442. The highest BCUT2D eigenvalue weighted by Crippen LogP contribution is 2.34. The van der Waals surface area contributed by atoms with Crippen molar-refractivity contribution in [3.05, 3.63) is 18.2 Å². The van der Waals surface area contributed by atoms with Gasteiger partial charge >= 0.3 is 0 Å². The predicted octanol–water partition coefficient (Wildman–Crippen LogP) is 0.285. The van der Waals surface area contributed by atoms with E-state index in [2.05, 4.69) is 0 Å². The van der Waals surface area contributed by atoms with Crippen LogP contribution in [0.4, 0.5) is 5.69 Å². The number of likely N-dealkylation sites (N-methyl/N-ethyl adjacent to an activating group) is 1. The van der Waals surface area contributed by atoms with Gasteiger partial charge in [-0.3, -0.25) is 9.59 Å². The van der Waals surface area contributed by atoms with Crippen LogP contribution in [0.15, 0.2) is 23.1 Å². The molecule has 9 heteroatoms.